The molecule has 0 heterocycles. The van der Waals surface area contributed by atoms with E-state index in [9.17, 15) is 24.9 Å². The highest BCUT2D eigenvalue weighted by Crippen LogP contribution is 2.67. The van der Waals surface area contributed by atoms with Crippen LogP contribution in [0, 0.1) is 34.5 Å². The summed E-state index contributed by atoms with van der Waals surface area (Å²) in [6.45, 7) is 10.1. The molecule has 0 radical (unpaired) electrons. The van der Waals surface area contributed by atoms with Gasteiger partial charge in [-0.15, -0.1) is 0 Å². The number of rotatable bonds is 14. The van der Waals surface area contributed by atoms with Crippen molar-refractivity contribution in [2.45, 2.75) is 117 Å². The number of carbonyl (C=O) groups excluding carboxylic acids is 2. The van der Waals surface area contributed by atoms with E-state index < -0.39 is 41.1 Å². The highest BCUT2D eigenvalue weighted by Gasteiger charge is 2.68. The van der Waals surface area contributed by atoms with Gasteiger partial charge in [0.15, 0.2) is 11.6 Å². The summed E-state index contributed by atoms with van der Waals surface area (Å²) in [4.78, 5) is 25.8. The maximum Gasteiger partial charge on any atom is 0.410 e. The van der Waals surface area contributed by atoms with Crippen molar-refractivity contribution < 1.29 is 39.1 Å². The topological polar surface area (TPSA) is 123 Å². The zero-order chi connectivity index (χ0) is 30.1. The fourth-order valence-electron chi connectivity index (χ4n) is 8.57. The van der Waals surface area contributed by atoms with Gasteiger partial charge in [-0.25, -0.2) is 0 Å². The summed E-state index contributed by atoms with van der Waals surface area (Å²) < 4.78 is 16.9. The van der Waals surface area contributed by atoms with Crippen molar-refractivity contribution in [3.63, 3.8) is 0 Å². The minimum absolute atomic E-state index is 0.00926. The second kappa shape index (κ2) is 12.7. The summed E-state index contributed by atoms with van der Waals surface area (Å²) in [5.74, 6) is -0.313. The standard InChI is InChI=1S/C33H52O8/c1-6-8-9-17-39-33(38,40-20-22(3)10-7-2)41-21-28(36)32(37)16-14-26-25-12-11-23-18-24(34)13-15-30(23,4)29(25)27(35)19-31(26,32)5/h13,15,18,22,25-27,29,35,37-38H,6-12,14,16-17,19-21H2,1-5H3/t22?,25-,26-,27?,29+,30-,31-,32-,33?/m0/s1. The molecule has 41 heavy (non-hydrogen) atoms. The normalized spacial score (nSPS) is 38.4. The smallest absolute Gasteiger partial charge is 0.393 e. The predicted molar refractivity (Wildman–Crippen MR) is 154 cm³/mol. The highest BCUT2D eigenvalue weighted by atomic mass is 17.0. The molecule has 4 aliphatic rings. The Morgan fingerprint density at radius 1 is 1.15 bits per heavy atom. The lowest BCUT2D eigenvalue weighted by Crippen LogP contribution is -2.62. The number of ketones is 2. The molecule has 0 spiro atoms. The van der Waals surface area contributed by atoms with E-state index in [2.05, 4.69) is 20.8 Å². The number of aliphatic hydroxyl groups is 3. The summed E-state index contributed by atoms with van der Waals surface area (Å²) in [6, 6.07) is 0. The lowest BCUT2D eigenvalue weighted by molar-refractivity contribution is -0.484. The Morgan fingerprint density at radius 2 is 1.90 bits per heavy atom. The first kappa shape index (κ1) is 32.5. The third kappa shape index (κ3) is 6.16. The summed E-state index contributed by atoms with van der Waals surface area (Å²) in [6.07, 6.45) is 9.46. The van der Waals surface area contributed by atoms with Gasteiger partial charge in [0, 0.05) is 16.7 Å². The molecule has 8 heteroatoms. The van der Waals surface area contributed by atoms with E-state index in [0.29, 0.717) is 12.8 Å². The van der Waals surface area contributed by atoms with Crippen molar-refractivity contribution in [3.05, 3.63) is 23.8 Å². The molecule has 4 rings (SSSR count). The molecule has 3 unspecified atom stereocenters. The van der Waals surface area contributed by atoms with Crippen molar-refractivity contribution in [1.82, 2.24) is 0 Å². The van der Waals surface area contributed by atoms with Crippen molar-refractivity contribution >= 4 is 11.6 Å². The molecule has 8 nitrogen and oxygen atoms in total. The maximum absolute atomic E-state index is 13.7. The summed E-state index contributed by atoms with van der Waals surface area (Å²) >= 11 is 0. The van der Waals surface area contributed by atoms with Gasteiger partial charge in [0.2, 0.25) is 0 Å². The molecule has 3 N–H and O–H groups in total. The quantitative estimate of drug-likeness (QED) is 0.198. The van der Waals surface area contributed by atoms with E-state index in [1.807, 2.05) is 19.9 Å². The van der Waals surface area contributed by atoms with Crippen LogP contribution in [-0.2, 0) is 23.8 Å². The first-order valence-electron chi connectivity index (χ1n) is 15.9. The molecule has 9 atom stereocenters. The van der Waals surface area contributed by atoms with E-state index in [4.69, 9.17) is 14.2 Å². The molecule has 3 fully saturated rings. The number of Topliss-reactive ketones (excluding diaryl/α,β-unsaturated/α-hetero) is 1. The Labute approximate surface area is 245 Å². The van der Waals surface area contributed by atoms with Crippen LogP contribution in [0.2, 0.25) is 0 Å². The Kier molecular flexibility index (Phi) is 10.0. The van der Waals surface area contributed by atoms with Gasteiger partial charge in [-0.2, -0.15) is 0 Å². The van der Waals surface area contributed by atoms with Crippen LogP contribution in [-0.4, -0.2) is 64.6 Å². The minimum Gasteiger partial charge on any atom is -0.393 e. The first-order valence-corrected chi connectivity index (χ1v) is 15.9. The van der Waals surface area contributed by atoms with Gasteiger partial charge in [0.05, 0.1) is 19.3 Å². The van der Waals surface area contributed by atoms with Crippen molar-refractivity contribution in [1.29, 1.82) is 0 Å². The number of hydrogen-bond donors (Lipinski definition) is 3. The highest BCUT2D eigenvalue weighted by molar-refractivity contribution is 6.01. The number of hydrogen-bond acceptors (Lipinski definition) is 8. The molecule has 4 aliphatic carbocycles. The van der Waals surface area contributed by atoms with Crippen LogP contribution in [0.25, 0.3) is 0 Å². The fourth-order valence-corrected chi connectivity index (χ4v) is 8.57. The third-order valence-corrected chi connectivity index (χ3v) is 10.9. The number of carbonyl (C=O) groups is 2. The van der Waals surface area contributed by atoms with E-state index in [1.165, 1.54) is 0 Å². The number of ether oxygens (including phenoxy) is 3. The zero-order valence-corrected chi connectivity index (χ0v) is 25.7. The van der Waals surface area contributed by atoms with Crippen LogP contribution in [0.5, 0.6) is 0 Å². The number of unbranched alkanes of at least 4 members (excludes halogenated alkanes) is 2. The van der Waals surface area contributed by atoms with Crippen molar-refractivity contribution in [2.24, 2.45) is 34.5 Å². The lowest BCUT2D eigenvalue weighted by atomic mass is 9.46. The van der Waals surface area contributed by atoms with Gasteiger partial charge in [0.25, 0.3) is 0 Å². The molecular formula is C33H52O8. The van der Waals surface area contributed by atoms with Gasteiger partial charge in [-0.1, -0.05) is 65.5 Å². The van der Waals surface area contributed by atoms with Crippen molar-refractivity contribution in [2.75, 3.05) is 19.8 Å². The molecular weight excluding hydrogens is 524 g/mol. The van der Waals surface area contributed by atoms with Crippen LogP contribution in [0.4, 0.5) is 0 Å². The molecule has 0 amide bonds. The minimum atomic E-state index is -2.37. The first-order chi connectivity index (χ1) is 19.3. The average molecular weight is 577 g/mol. The molecule has 0 bridgehead atoms. The average Bonchev–Trinajstić information content (AvgIpc) is 3.20. The Balaban J connectivity index is 1.48. The molecule has 0 aromatic carbocycles. The zero-order valence-electron chi connectivity index (χ0n) is 25.7. The maximum atomic E-state index is 13.7. The predicted octanol–water partition coefficient (Wildman–Crippen LogP) is 4.85. The number of aliphatic hydroxyl groups excluding tert-OH is 1. The Hall–Kier alpha value is -1.42. The Morgan fingerprint density at radius 3 is 2.61 bits per heavy atom. The SMILES string of the molecule is CCCCCOC(O)(OCC(=O)[C@@]1(O)CC[C@H]2[C@@H]3CCC4=CC(=O)C=C[C@]4(C)[C@H]3C(O)C[C@@]21C)OCC(C)CCC. The van der Waals surface area contributed by atoms with Crippen LogP contribution in [0.1, 0.15) is 98.8 Å². The lowest BCUT2D eigenvalue weighted by Gasteiger charge is -2.59. The van der Waals surface area contributed by atoms with Gasteiger partial charge < -0.3 is 24.8 Å². The van der Waals surface area contributed by atoms with Crippen LogP contribution in [0.15, 0.2) is 23.8 Å². The van der Waals surface area contributed by atoms with E-state index in [-0.39, 0.29) is 55.5 Å². The second-order valence-corrected chi connectivity index (χ2v) is 13.6. The van der Waals surface area contributed by atoms with E-state index in [1.54, 1.807) is 12.2 Å². The Bertz CT molecular complexity index is 1020. The molecule has 0 aromatic rings. The van der Waals surface area contributed by atoms with Gasteiger partial charge >= 0.3 is 6.16 Å². The summed E-state index contributed by atoms with van der Waals surface area (Å²) in [5, 5.41) is 34.7. The third-order valence-electron chi connectivity index (χ3n) is 10.9. The number of allylic oxidation sites excluding steroid dienone is 4. The van der Waals surface area contributed by atoms with Crippen molar-refractivity contribution in [3.8, 4) is 0 Å². The van der Waals surface area contributed by atoms with E-state index in [0.717, 1.165) is 44.1 Å². The molecule has 3 saturated carbocycles. The van der Waals surface area contributed by atoms with Gasteiger partial charge in [-0.3, -0.25) is 14.3 Å². The fraction of sp³-hybridized carbons (Fsp3) is 0.818. The monoisotopic (exact) mass is 576 g/mol. The van der Waals surface area contributed by atoms with Crippen LogP contribution < -0.4 is 0 Å². The molecule has 0 aliphatic heterocycles. The molecule has 0 saturated heterocycles. The second-order valence-electron chi connectivity index (χ2n) is 13.6. The molecule has 232 valence electrons. The number of fused-ring (bicyclic) bond motifs is 5. The summed E-state index contributed by atoms with van der Waals surface area (Å²) in [5.41, 5.74) is -1.91. The van der Waals surface area contributed by atoms with Crippen LogP contribution >= 0.6 is 0 Å². The van der Waals surface area contributed by atoms with Gasteiger partial charge in [0.1, 0.15) is 12.2 Å². The summed E-state index contributed by atoms with van der Waals surface area (Å²) in [7, 11) is 0. The van der Waals surface area contributed by atoms with E-state index >= 15 is 0 Å². The van der Waals surface area contributed by atoms with Gasteiger partial charge in [-0.05, 0) is 74.9 Å². The largest absolute Gasteiger partial charge is 0.410 e. The molecule has 0 aromatic heterocycles. The van der Waals surface area contributed by atoms with Crippen LogP contribution in [0.3, 0.4) is 0 Å².